The summed E-state index contributed by atoms with van der Waals surface area (Å²) in [6, 6.07) is 11.7. The van der Waals surface area contributed by atoms with E-state index in [1.807, 2.05) is 35.0 Å². The lowest BCUT2D eigenvalue weighted by Crippen LogP contribution is -2.23. The number of carbonyl (C=O) groups excluding carboxylic acids is 1. The Bertz CT molecular complexity index is 637. The SMILES string of the molecule is Cl.O=C(CCCOc1ccccc1)NCc1cc2n(n1)CCCNC2. The fourth-order valence-electron chi connectivity index (χ4n) is 2.72. The van der Waals surface area contributed by atoms with E-state index in [2.05, 4.69) is 21.8 Å². The van der Waals surface area contributed by atoms with E-state index in [9.17, 15) is 4.79 Å². The Balaban J connectivity index is 0.00000225. The van der Waals surface area contributed by atoms with E-state index in [0.717, 1.165) is 37.5 Å². The van der Waals surface area contributed by atoms with Gasteiger partial charge < -0.3 is 15.4 Å². The third-order valence-corrected chi connectivity index (χ3v) is 3.97. The predicted molar refractivity (Wildman–Crippen MR) is 98.8 cm³/mol. The maximum Gasteiger partial charge on any atom is 0.220 e. The van der Waals surface area contributed by atoms with Gasteiger partial charge in [0.05, 0.1) is 24.5 Å². The van der Waals surface area contributed by atoms with E-state index in [0.29, 0.717) is 26.0 Å². The van der Waals surface area contributed by atoms with Gasteiger partial charge in [0.1, 0.15) is 5.75 Å². The van der Waals surface area contributed by atoms with Crippen molar-refractivity contribution in [1.82, 2.24) is 20.4 Å². The molecule has 2 N–H and O–H groups in total. The van der Waals surface area contributed by atoms with Crippen molar-refractivity contribution in [2.45, 2.75) is 38.9 Å². The number of halogens is 1. The molecule has 0 unspecified atom stereocenters. The molecule has 25 heavy (non-hydrogen) atoms. The number of rotatable bonds is 7. The molecule has 0 spiro atoms. The van der Waals surface area contributed by atoms with E-state index in [4.69, 9.17) is 4.74 Å². The molecule has 1 aromatic heterocycles. The second-order valence-corrected chi connectivity index (χ2v) is 5.92. The molecule has 0 aliphatic carbocycles. The molecule has 6 nitrogen and oxygen atoms in total. The van der Waals surface area contributed by atoms with Crippen molar-refractivity contribution in [2.24, 2.45) is 0 Å². The van der Waals surface area contributed by atoms with Crippen LogP contribution >= 0.6 is 12.4 Å². The number of aryl methyl sites for hydroxylation is 1. The average molecular weight is 365 g/mol. The maximum absolute atomic E-state index is 11.9. The molecule has 1 amide bonds. The Labute approximate surface area is 154 Å². The second kappa shape index (κ2) is 10.1. The van der Waals surface area contributed by atoms with E-state index in [1.54, 1.807) is 0 Å². The largest absolute Gasteiger partial charge is 0.494 e. The van der Waals surface area contributed by atoms with Crippen LogP contribution in [-0.4, -0.2) is 28.8 Å². The van der Waals surface area contributed by atoms with E-state index in [1.165, 1.54) is 5.69 Å². The van der Waals surface area contributed by atoms with Crippen LogP contribution in [0.1, 0.15) is 30.7 Å². The summed E-state index contributed by atoms with van der Waals surface area (Å²) in [4.78, 5) is 11.9. The summed E-state index contributed by atoms with van der Waals surface area (Å²) >= 11 is 0. The molecule has 0 saturated carbocycles. The monoisotopic (exact) mass is 364 g/mol. The van der Waals surface area contributed by atoms with E-state index in [-0.39, 0.29) is 18.3 Å². The molecule has 1 aliphatic rings. The van der Waals surface area contributed by atoms with Crippen LogP contribution in [-0.2, 0) is 24.4 Å². The third-order valence-electron chi connectivity index (χ3n) is 3.97. The molecule has 7 heteroatoms. The Hall–Kier alpha value is -2.05. The topological polar surface area (TPSA) is 68.2 Å². The van der Waals surface area contributed by atoms with Crippen LogP contribution in [0, 0.1) is 0 Å². The van der Waals surface area contributed by atoms with Crippen molar-refractivity contribution in [3.63, 3.8) is 0 Å². The molecule has 3 rings (SSSR count). The van der Waals surface area contributed by atoms with Gasteiger partial charge in [0.2, 0.25) is 5.91 Å². The quantitative estimate of drug-likeness (QED) is 0.739. The fraction of sp³-hybridized carbons (Fsp3) is 0.444. The van der Waals surface area contributed by atoms with E-state index >= 15 is 0 Å². The number of fused-ring (bicyclic) bond motifs is 1. The second-order valence-electron chi connectivity index (χ2n) is 5.92. The smallest absolute Gasteiger partial charge is 0.220 e. The zero-order chi connectivity index (χ0) is 16.6. The van der Waals surface area contributed by atoms with Crippen molar-refractivity contribution < 1.29 is 9.53 Å². The highest BCUT2D eigenvalue weighted by Crippen LogP contribution is 2.10. The van der Waals surface area contributed by atoms with Gasteiger partial charge in [-0.3, -0.25) is 9.48 Å². The lowest BCUT2D eigenvalue weighted by molar-refractivity contribution is -0.121. The molecular formula is C18H25ClN4O2. The number of hydrogen-bond donors (Lipinski definition) is 2. The van der Waals surface area contributed by atoms with Gasteiger partial charge >= 0.3 is 0 Å². The molecule has 1 aliphatic heterocycles. The molecule has 0 fully saturated rings. The number of para-hydroxylation sites is 1. The molecule has 136 valence electrons. The summed E-state index contributed by atoms with van der Waals surface area (Å²) in [5, 5.41) is 10.9. The van der Waals surface area contributed by atoms with Gasteiger partial charge in [-0.1, -0.05) is 18.2 Å². The molecule has 0 atom stereocenters. The highest BCUT2D eigenvalue weighted by Gasteiger charge is 2.11. The minimum Gasteiger partial charge on any atom is -0.494 e. The van der Waals surface area contributed by atoms with Gasteiger partial charge in [0, 0.05) is 19.5 Å². The van der Waals surface area contributed by atoms with Gasteiger partial charge in [-0.05, 0) is 37.6 Å². The van der Waals surface area contributed by atoms with Crippen LogP contribution in [0.25, 0.3) is 0 Å². The van der Waals surface area contributed by atoms with E-state index < -0.39 is 0 Å². The zero-order valence-electron chi connectivity index (χ0n) is 14.2. The number of carbonyl (C=O) groups is 1. The first-order valence-corrected chi connectivity index (χ1v) is 8.52. The van der Waals surface area contributed by atoms with Crippen molar-refractivity contribution in [3.8, 4) is 5.75 Å². The number of aromatic nitrogens is 2. The van der Waals surface area contributed by atoms with Crippen LogP contribution in [0.5, 0.6) is 5.75 Å². The molecular weight excluding hydrogens is 340 g/mol. The Morgan fingerprint density at radius 2 is 2.16 bits per heavy atom. The molecule has 2 heterocycles. The minimum absolute atomic E-state index is 0. The molecule has 0 radical (unpaired) electrons. The van der Waals surface area contributed by atoms with Crippen molar-refractivity contribution in [1.29, 1.82) is 0 Å². The average Bonchev–Trinajstić information content (AvgIpc) is 2.87. The molecule has 0 saturated heterocycles. The van der Waals surface area contributed by atoms with Crippen LogP contribution in [0.15, 0.2) is 36.4 Å². The standard InChI is InChI=1S/C18H24N4O2.ClH/c23-18(8-4-11-24-17-6-2-1-3-7-17)20-13-15-12-16-14-19-9-5-10-22(16)21-15;/h1-3,6-7,12,19H,4-5,8-11,13-14H2,(H,20,23);1H. The zero-order valence-corrected chi connectivity index (χ0v) is 15.1. The summed E-state index contributed by atoms with van der Waals surface area (Å²) in [5.74, 6) is 0.874. The lowest BCUT2D eigenvalue weighted by atomic mass is 10.3. The number of benzene rings is 1. The van der Waals surface area contributed by atoms with Gasteiger partial charge in [0.15, 0.2) is 0 Å². The summed E-state index contributed by atoms with van der Waals surface area (Å²) < 4.78 is 7.62. The van der Waals surface area contributed by atoms with Gasteiger partial charge in [0.25, 0.3) is 0 Å². The Morgan fingerprint density at radius 3 is 3.00 bits per heavy atom. The van der Waals surface area contributed by atoms with Crippen molar-refractivity contribution in [3.05, 3.63) is 47.8 Å². The van der Waals surface area contributed by atoms with Crippen LogP contribution in [0.2, 0.25) is 0 Å². The minimum atomic E-state index is 0. The number of hydrogen-bond acceptors (Lipinski definition) is 4. The lowest BCUT2D eigenvalue weighted by Gasteiger charge is -2.06. The van der Waals surface area contributed by atoms with Gasteiger partial charge in [-0.2, -0.15) is 5.10 Å². The summed E-state index contributed by atoms with van der Waals surface area (Å²) in [6.07, 6.45) is 2.24. The van der Waals surface area contributed by atoms with Crippen LogP contribution in [0.4, 0.5) is 0 Å². The summed E-state index contributed by atoms with van der Waals surface area (Å²) in [6.45, 7) is 3.84. The summed E-state index contributed by atoms with van der Waals surface area (Å²) in [5.41, 5.74) is 2.11. The number of amides is 1. The molecule has 1 aromatic carbocycles. The third kappa shape index (κ3) is 6.07. The number of ether oxygens (including phenoxy) is 1. The summed E-state index contributed by atoms with van der Waals surface area (Å²) in [7, 11) is 0. The van der Waals surface area contributed by atoms with Crippen LogP contribution in [0.3, 0.4) is 0 Å². The number of nitrogens with zero attached hydrogens (tertiary/aromatic N) is 2. The fourth-order valence-corrected chi connectivity index (χ4v) is 2.72. The Kier molecular flexibility index (Phi) is 7.76. The highest BCUT2D eigenvalue weighted by molar-refractivity contribution is 5.85. The van der Waals surface area contributed by atoms with Crippen LogP contribution < -0.4 is 15.4 Å². The number of nitrogens with one attached hydrogen (secondary N) is 2. The molecule has 0 bridgehead atoms. The van der Waals surface area contributed by atoms with Gasteiger partial charge in [-0.15, -0.1) is 12.4 Å². The van der Waals surface area contributed by atoms with Gasteiger partial charge in [-0.25, -0.2) is 0 Å². The first kappa shape index (κ1) is 19.3. The first-order valence-electron chi connectivity index (χ1n) is 8.52. The van der Waals surface area contributed by atoms with Crippen molar-refractivity contribution in [2.75, 3.05) is 13.2 Å². The molecule has 2 aromatic rings. The highest BCUT2D eigenvalue weighted by atomic mass is 35.5. The Morgan fingerprint density at radius 1 is 1.32 bits per heavy atom. The predicted octanol–water partition coefficient (Wildman–Crippen LogP) is 2.27. The first-order chi connectivity index (χ1) is 11.8. The van der Waals surface area contributed by atoms with Crippen molar-refractivity contribution >= 4 is 18.3 Å². The maximum atomic E-state index is 11.9. The normalized spacial score (nSPS) is 13.3.